The lowest BCUT2D eigenvalue weighted by molar-refractivity contribution is 0.117. The van der Waals surface area contributed by atoms with Crippen molar-refractivity contribution in [1.29, 1.82) is 0 Å². The van der Waals surface area contributed by atoms with Crippen LogP contribution in [0.25, 0.3) is 32.7 Å². The Morgan fingerprint density at radius 1 is 0.675 bits per heavy atom. The zero-order chi connectivity index (χ0) is 27.3. The SMILES string of the molecule is Cc1ccc(S(=O)(=O)NC2CCCCC2N2Cc3ccc4ccccc4c3-c3c(ccc4ccccc34)C2)cc1. The van der Waals surface area contributed by atoms with Gasteiger partial charge in [-0.25, -0.2) is 13.1 Å². The highest BCUT2D eigenvalue weighted by atomic mass is 32.2. The lowest BCUT2D eigenvalue weighted by Gasteiger charge is -2.40. The lowest BCUT2D eigenvalue weighted by Crippen LogP contribution is -2.52. The fourth-order valence-electron chi connectivity index (χ4n) is 6.89. The molecule has 5 aromatic carbocycles. The van der Waals surface area contributed by atoms with E-state index in [1.54, 1.807) is 12.1 Å². The Hall–Kier alpha value is -3.51. The van der Waals surface area contributed by atoms with Crippen molar-refractivity contribution < 1.29 is 8.42 Å². The molecule has 5 heteroatoms. The van der Waals surface area contributed by atoms with Crippen molar-refractivity contribution in [2.75, 3.05) is 0 Å². The second kappa shape index (κ2) is 10.2. The molecular formula is C35H34N2O2S. The summed E-state index contributed by atoms with van der Waals surface area (Å²) in [6, 6.07) is 33.5. The number of hydrogen-bond donors (Lipinski definition) is 1. The summed E-state index contributed by atoms with van der Waals surface area (Å²) >= 11 is 0. The molecule has 0 aromatic heterocycles. The molecule has 2 aliphatic rings. The molecule has 2 unspecified atom stereocenters. The average Bonchev–Trinajstić information content (AvgIpc) is 3.15. The van der Waals surface area contributed by atoms with Crippen LogP contribution < -0.4 is 4.72 Å². The van der Waals surface area contributed by atoms with Gasteiger partial charge in [0.15, 0.2) is 0 Å². The molecule has 1 N–H and O–H groups in total. The minimum absolute atomic E-state index is 0.116. The van der Waals surface area contributed by atoms with Crippen molar-refractivity contribution in [2.24, 2.45) is 0 Å². The third-order valence-corrected chi connectivity index (χ3v) is 10.4. The normalized spacial score (nSPS) is 19.7. The number of benzene rings is 5. The van der Waals surface area contributed by atoms with Crippen molar-refractivity contribution in [3.8, 4) is 11.1 Å². The topological polar surface area (TPSA) is 49.4 Å². The maximum Gasteiger partial charge on any atom is 0.240 e. The van der Waals surface area contributed by atoms with Crippen molar-refractivity contribution in [2.45, 2.75) is 62.7 Å². The maximum atomic E-state index is 13.5. The predicted molar refractivity (Wildman–Crippen MR) is 164 cm³/mol. The summed E-state index contributed by atoms with van der Waals surface area (Å²) in [4.78, 5) is 2.88. The van der Waals surface area contributed by atoms with Gasteiger partial charge < -0.3 is 0 Å². The molecule has 0 amide bonds. The number of rotatable bonds is 4. The van der Waals surface area contributed by atoms with E-state index in [9.17, 15) is 8.42 Å². The summed E-state index contributed by atoms with van der Waals surface area (Å²) in [5.74, 6) is 0. The Kier molecular flexibility index (Phi) is 6.46. The first-order valence-electron chi connectivity index (χ1n) is 14.3. The monoisotopic (exact) mass is 546 g/mol. The summed E-state index contributed by atoms with van der Waals surface area (Å²) in [5.41, 5.74) is 6.30. The number of nitrogens with zero attached hydrogens (tertiary/aromatic N) is 1. The molecule has 1 fully saturated rings. The van der Waals surface area contributed by atoms with Gasteiger partial charge in [0.25, 0.3) is 0 Å². The smallest absolute Gasteiger partial charge is 0.240 e. The standard InChI is InChI=1S/C35H34N2O2S/c1-24-14-20-29(21-15-24)40(38,39)36-32-12-6-7-13-33(32)37-22-27-18-16-25-8-2-4-10-30(25)34(27)35-28(23-37)19-17-26-9-3-5-11-31(26)35/h2-5,8-11,14-21,32-33,36H,6-7,12-13,22-23H2,1H3. The summed E-state index contributed by atoms with van der Waals surface area (Å²) in [7, 11) is -3.61. The van der Waals surface area contributed by atoms with Gasteiger partial charge in [0.1, 0.15) is 0 Å². The summed E-state index contributed by atoms with van der Waals surface area (Å²) < 4.78 is 30.1. The molecule has 7 rings (SSSR count). The van der Waals surface area contributed by atoms with Crippen LogP contribution in [0.15, 0.2) is 102 Å². The molecule has 1 aliphatic carbocycles. The third-order valence-electron chi connectivity index (χ3n) is 8.86. The zero-order valence-corrected chi connectivity index (χ0v) is 23.6. The highest BCUT2D eigenvalue weighted by molar-refractivity contribution is 7.89. The summed E-state index contributed by atoms with van der Waals surface area (Å²) in [6.45, 7) is 3.55. The quantitative estimate of drug-likeness (QED) is 0.253. The molecule has 0 bridgehead atoms. The van der Waals surface area contributed by atoms with E-state index in [0.29, 0.717) is 4.90 Å². The van der Waals surface area contributed by atoms with Gasteiger partial charge >= 0.3 is 0 Å². The highest BCUT2D eigenvalue weighted by Gasteiger charge is 2.35. The Morgan fingerprint density at radius 2 is 1.23 bits per heavy atom. The van der Waals surface area contributed by atoms with Gasteiger partial charge in [-0.15, -0.1) is 0 Å². The molecule has 1 heterocycles. The van der Waals surface area contributed by atoms with E-state index in [4.69, 9.17) is 0 Å². The van der Waals surface area contributed by atoms with Crippen molar-refractivity contribution in [3.63, 3.8) is 0 Å². The molecule has 1 aliphatic heterocycles. The molecule has 202 valence electrons. The van der Waals surface area contributed by atoms with Crippen LogP contribution in [-0.4, -0.2) is 25.4 Å². The number of aryl methyl sites for hydroxylation is 1. The van der Waals surface area contributed by atoms with Crippen LogP contribution in [0.3, 0.4) is 0 Å². The second-order valence-electron chi connectivity index (χ2n) is 11.4. The van der Waals surface area contributed by atoms with Crippen molar-refractivity contribution in [3.05, 3.63) is 114 Å². The summed E-state index contributed by atoms with van der Waals surface area (Å²) in [6.07, 6.45) is 3.97. The van der Waals surface area contributed by atoms with Gasteiger partial charge in [-0.1, -0.05) is 103 Å². The van der Waals surface area contributed by atoms with Gasteiger partial charge in [0, 0.05) is 25.2 Å². The van der Waals surface area contributed by atoms with Crippen LogP contribution in [-0.2, 0) is 23.1 Å². The van der Waals surface area contributed by atoms with E-state index >= 15 is 0 Å². The van der Waals surface area contributed by atoms with Crippen LogP contribution in [0.4, 0.5) is 0 Å². The highest BCUT2D eigenvalue weighted by Crippen LogP contribution is 2.43. The van der Waals surface area contributed by atoms with Gasteiger partial charge in [-0.3, -0.25) is 4.90 Å². The number of hydrogen-bond acceptors (Lipinski definition) is 3. The molecule has 40 heavy (non-hydrogen) atoms. The average molecular weight is 547 g/mol. The largest absolute Gasteiger partial charge is 0.290 e. The second-order valence-corrected chi connectivity index (χ2v) is 13.2. The fraction of sp³-hybridized carbons (Fsp3) is 0.257. The minimum Gasteiger partial charge on any atom is -0.290 e. The van der Waals surface area contributed by atoms with E-state index in [-0.39, 0.29) is 12.1 Å². The van der Waals surface area contributed by atoms with E-state index in [2.05, 4.69) is 82.4 Å². The van der Waals surface area contributed by atoms with Crippen LogP contribution in [0.5, 0.6) is 0 Å². The van der Waals surface area contributed by atoms with E-state index in [1.165, 1.54) is 43.8 Å². The number of nitrogens with one attached hydrogen (secondary N) is 1. The third kappa shape index (κ3) is 4.52. The Balaban J connectivity index is 1.33. The molecule has 4 nitrogen and oxygen atoms in total. The van der Waals surface area contributed by atoms with Crippen molar-refractivity contribution >= 4 is 31.6 Å². The minimum atomic E-state index is -3.61. The Labute approximate surface area is 236 Å². The molecule has 2 atom stereocenters. The molecule has 0 saturated heterocycles. The lowest BCUT2D eigenvalue weighted by atomic mass is 9.88. The Bertz CT molecular complexity index is 1740. The molecule has 0 radical (unpaired) electrons. The molecule has 5 aromatic rings. The van der Waals surface area contributed by atoms with E-state index < -0.39 is 10.0 Å². The first-order chi connectivity index (χ1) is 19.5. The Morgan fingerprint density at radius 3 is 1.82 bits per heavy atom. The van der Waals surface area contributed by atoms with Crippen LogP contribution >= 0.6 is 0 Å². The molecular weight excluding hydrogens is 512 g/mol. The van der Waals surface area contributed by atoms with Crippen LogP contribution in [0.1, 0.15) is 42.4 Å². The number of sulfonamides is 1. The van der Waals surface area contributed by atoms with Gasteiger partial charge in [0.2, 0.25) is 10.0 Å². The van der Waals surface area contributed by atoms with Gasteiger partial charge in [0.05, 0.1) is 4.90 Å². The fourth-order valence-corrected chi connectivity index (χ4v) is 8.19. The van der Waals surface area contributed by atoms with Gasteiger partial charge in [-0.2, -0.15) is 0 Å². The first kappa shape index (κ1) is 25.5. The zero-order valence-electron chi connectivity index (χ0n) is 22.8. The van der Waals surface area contributed by atoms with Crippen LogP contribution in [0, 0.1) is 6.92 Å². The molecule has 1 saturated carbocycles. The van der Waals surface area contributed by atoms with Gasteiger partial charge in [-0.05, 0) is 75.7 Å². The van der Waals surface area contributed by atoms with E-state index in [1.807, 2.05) is 19.1 Å². The predicted octanol–water partition coefficient (Wildman–Crippen LogP) is 7.57. The van der Waals surface area contributed by atoms with Crippen molar-refractivity contribution in [1.82, 2.24) is 9.62 Å². The molecule has 0 spiro atoms. The summed E-state index contributed by atoms with van der Waals surface area (Å²) in [5, 5.41) is 5.05. The first-order valence-corrected chi connectivity index (χ1v) is 15.8. The van der Waals surface area contributed by atoms with Crippen LogP contribution in [0.2, 0.25) is 0 Å². The van der Waals surface area contributed by atoms with E-state index in [0.717, 1.165) is 44.3 Å². The maximum absolute atomic E-state index is 13.5. The number of fused-ring (bicyclic) bond motifs is 7.